The van der Waals surface area contributed by atoms with E-state index in [-0.39, 0.29) is 5.91 Å². The number of rotatable bonds is 7. The highest BCUT2D eigenvalue weighted by atomic mass is 32.2. The smallest absolute Gasteiger partial charge is 0.248 e. The SMILES string of the molecule is CC[C@@H](C(=O)Nc1ccc(N2CCN(C)CC2)cc1)N(c1ccc(C)cc1)S(C)(=O)=O. The molecule has 1 N–H and O–H groups in total. The topological polar surface area (TPSA) is 73.0 Å². The average Bonchev–Trinajstić information content (AvgIpc) is 2.73. The van der Waals surface area contributed by atoms with Crippen LogP contribution in [0.4, 0.5) is 17.1 Å². The van der Waals surface area contributed by atoms with Crippen LogP contribution in [0.2, 0.25) is 0 Å². The van der Waals surface area contributed by atoms with Gasteiger partial charge in [0.25, 0.3) is 0 Å². The predicted molar refractivity (Wildman–Crippen MR) is 127 cm³/mol. The zero-order valence-electron chi connectivity index (χ0n) is 18.7. The van der Waals surface area contributed by atoms with Crippen molar-refractivity contribution in [3.05, 3.63) is 54.1 Å². The molecule has 0 radical (unpaired) electrons. The van der Waals surface area contributed by atoms with E-state index in [1.54, 1.807) is 12.1 Å². The van der Waals surface area contributed by atoms with E-state index in [0.717, 1.165) is 43.7 Å². The molecule has 1 aliphatic heterocycles. The summed E-state index contributed by atoms with van der Waals surface area (Å²) in [6.45, 7) is 7.74. The molecule has 8 heteroatoms. The van der Waals surface area contributed by atoms with E-state index in [2.05, 4.69) is 22.2 Å². The molecule has 1 fully saturated rings. The number of nitrogens with one attached hydrogen (secondary N) is 1. The molecule has 31 heavy (non-hydrogen) atoms. The average molecular weight is 445 g/mol. The van der Waals surface area contributed by atoms with Gasteiger partial charge in [-0.2, -0.15) is 0 Å². The number of anilines is 3. The van der Waals surface area contributed by atoms with Gasteiger partial charge in [0.05, 0.1) is 11.9 Å². The Hall–Kier alpha value is -2.58. The molecule has 0 aromatic heterocycles. The fraction of sp³-hybridized carbons (Fsp3) is 0.435. The summed E-state index contributed by atoms with van der Waals surface area (Å²) in [6, 6.07) is 14.0. The van der Waals surface area contributed by atoms with Gasteiger partial charge in [0.1, 0.15) is 6.04 Å². The van der Waals surface area contributed by atoms with Gasteiger partial charge in [-0.25, -0.2) is 8.42 Å². The van der Waals surface area contributed by atoms with Gasteiger partial charge in [-0.3, -0.25) is 9.10 Å². The van der Waals surface area contributed by atoms with Crippen LogP contribution in [0.15, 0.2) is 48.5 Å². The Morgan fingerprint density at radius 3 is 2.13 bits per heavy atom. The third-order valence-electron chi connectivity index (χ3n) is 5.62. The van der Waals surface area contributed by atoms with Crippen molar-refractivity contribution in [1.82, 2.24) is 4.90 Å². The summed E-state index contributed by atoms with van der Waals surface area (Å²) in [7, 11) is -1.52. The quantitative estimate of drug-likeness (QED) is 0.711. The number of sulfonamides is 1. The second kappa shape index (κ2) is 9.70. The van der Waals surface area contributed by atoms with Crippen LogP contribution >= 0.6 is 0 Å². The second-order valence-corrected chi connectivity index (χ2v) is 10.0. The number of carbonyl (C=O) groups excluding carboxylic acids is 1. The first-order valence-corrected chi connectivity index (χ1v) is 12.4. The number of benzene rings is 2. The molecule has 1 amide bonds. The Morgan fingerprint density at radius 1 is 1.03 bits per heavy atom. The standard InChI is InChI=1S/C23H32N4O3S/c1-5-22(27(31(4,29)30)21-10-6-18(2)7-11-21)23(28)24-19-8-12-20(13-9-19)26-16-14-25(3)15-17-26/h6-13,22H,5,14-17H2,1-4H3,(H,24,28)/t22-/m0/s1. The van der Waals surface area contributed by atoms with Crippen LogP contribution in [0.3, 0.4) is 0 Å². The van der Waals surface area contributed by atoms with Crippen LogP contribution in [-0.2, 0) is 14.8 Å². The number of nitrogens with zero attached hydrogens (tertiary/aromatic N) is 3. The van der Waals surface area contributed by atoms with E-state index in [9.17, 15) is 13.2 Å². The third kappa shape index (κ3) is 5.77. The molecule has 7 nitrogen and oxygen atoms in total. The molecule has 2 aromatic carbocycles. The Kier molecular flexibility index (Phi) is 7.23. The maximum absolute atomic E-state index is 13.1. The maximum atomic E-state index is 13.1. The summed E-state index contributed by atoms with van der Waals surface area (Å²) in [5.74, 6) is -0.346. The molecular formula is C23H32N4O3S. The zero-order valence-corrected chi connectivity index (χ0v) is 19.5. The van der Waals surface area contributed by atoms with Gasteiger partial charge < -0.3 is 15.1 Å². The largest absolute Gasteiger partial charge is 0.369 e. The normalized spacial score (nSPS) is 16.1. The number of likely N-dealkylation sites (N-methyl/N-ethyl adjacent to an activating group) is 1. The van der Waals surface area contributed by atoms with Crippen molar-refractivity contribution < 1.29 is 13.2 Å². The van der Waals surface area contributed by atoms with Crippen molar-refractivity contribution in [2.75, 3.05) is 54.0 Å². The van der Waals surface area contributed by atoms with Gasteiger partial charge in [-0.05, 0) is 56.8 Å². The first-order valence-electron chi connectivity index (χ1n) is 10.6. The van der Waals surface area contributed by atoms with Crippen LogP contribution in [0.1, 0.15) is 18.9 Å². The minimum Gasteiger partial charge on any atom is -0.369 e. The predicted octanol–water partition coefficient (Wildman–Crippen LogP) is 2.93. The number of amides is 1. The first-order chi connectivity index (χ1) is 14.7. The minimum atomic E-state index is -3.64. The van der Waals surface area contributed by atoms with Crippen molar-refractivity contribution in [2.45, 2.75) is 26.3 Å². The first kappa shape index (κ1) is 23.1. The minimum absolute atomic E-state index is 0.346. The molecular weight excluding hydrogens is 412 g/mol. The number of carbonyl (C=O) groups is 1. The number of aryl methyl sites for hydroxylation is 1. The van der Waals surface area contributed by atoms with E-state index in [1.807, 2.05) is 50.2 Å². The van der Waals surface area contributed by atoms with Crippen molar-refractivity contribution in [3.63, 3.8) is 0 Å². The lowest BCUT2D eigenvalue weighted by molar-refractivity contribution is -0.117. The highest BCUT2D eigenvalue weighted by Gasteiger charge is 2.31. The van der Waals surface area contributed by atoms with Crippen LogP contribution < -0.4 is 14.5 Å². The Morgan fingerprint density at radius 2 is 1.61 bits per heavy atom. The van der Waals surface area contributed by atoms with Gasteiger partial charge >= 0.3 is 0 Å². The van der Waals surface area contributed by atoms with Crippen molar-refractivity contribution in [2.24, 2.45) is 0 Å². The van der Waals surface area contributed by atoms with Gasteiger partial charge in [0.15, 0.2) is 0 Å². The maximum Gasteiger partial charge on any atom is 0.248 e. The fourth-order valence-corrected chi connectivity index (χ4v) is 5.01. The molecule has 1 saturated heterocycles. The second-order valence-electron chi connectivity index (χ2n) is 8.14. The summed E-state index contributed by atoms with van der Waals surface area (Å²) in [5.41, 5.74) is 3.28. The van der Waals surface area contributed by atoms with Crippen LogP contribution in [-0.4, -0.2) is 64.7 Å². The lowest BCUT2D eigenvalue weighted by atomic mass is 10.1. The Bertz CT molecular complexity index is 982. The molecule has 1 heterocycles. The van der Waals surface area contributed by atoms with E-state index in [1.165, 1.54) is 4.31 Å². The van der Waals surface area contributed by atoms with E-state index in [0.29, 0.717) is 17.8 Å². The molecule has 2 aromatic rings. The lowest BCUT2D eigenvalue weighted by Gasteiger charge is -2.34. The highest BCUT2D eigenvalue weighted by molar-refractivity contribution is 7.92. The monoisotopic (exact) mass is 444 g/mol. The summed E-state index contributed by atoms with van der Waals surface area (Å²) in [4.78, 5) is 17.7. The molecule has 0 saturated carbocycles. The Labute approximate surface area is 185 Å². The number of hydrogen-bond acceptors (Lipinski definition) is 5. The molecule has 0 unspecified atom stereocenters. The summed E-state index contributed by atoms with van der Waals surface area (Å²) in [6.07, 6.45) is 1.49. The Balaban J connectivity index is 1.75. The number of piperazine rings is 1. The van der Waals surface area contributed by atoms with Crippen molar-refractivity contribution in [3.8, 4) is 0 Å². The van der Waals surface area contributed by atoms with Gasteiger partial charge in [-0.1, -0.05) is 24.6 Å². The molecule has 0 bridgehead atoms. The number of hydrogen-bond donors (Lipinski definition) is 1. The zero-order chi connectivity index (χ0) is 22.6. The van der Waals surface area contributed by atoms with Crippen LogP contribution in [0, 0.1) is 6.92 Å². The van der Waals surface area contributed by atoms with E-state index < -0.39 is 16.1 Å². The van der Waals surface area contributed by atoms with Crippen LogP contribution in [0.5, 0.6) is 0 Å². The molecule has 3 rings (SSSR count). The van der Waals surface area contributed by atoms with Gasteiger partial charge in [0.2, 0.25) is 15.9 Å². The molecule has 0 spiro atoms. The summed E-state index contributed by atoms with van der Waals surface area (Å²) >= 11 is 0. The van der Waals surface area contributed by atoms with Gasteiger partial charge in [0, 0.05) is 37.6 Å². The third-order valence-corrected chi connectivity index (χ3v) is 6.80. The molecule has 0 aliphatic carbocycles. The van der Waals surface area contributed by atoms with Crippen LogP contribution in [0.25, 0.3) is 0 Å². The molecule has 168 valence electrons. The van der Waals surface area contributed by atoms with Gasteiger partial charge in [-0.15, -0.1) is 0 Å². The molecule has 1 atom stereocenters. The van der Waals surface area contributed by atoms with E-state index >= 15 is 0 Å². The summed E-state index contributed by atoms with van der Waals surface area (Å²) in [5, 5.41) is 2.89. The lowest BCUT2D eigenvalue weighted by Crippen LogP contribution is -2.47. The fourth-order valence-electron chi connectivity index (χ4n) is 3.80. The van der Waals surface area contributed by atoms with Crippen molar-refractivity contribution in [1.29, 1.82) is 0 Å². The van der Waals surface area contributed by atoms with Crippen molar-refractivity contribution >= 4 is 33.0 Å². The van der Waals surface area contributed by atoms with E-state index in [4.69, 9.17) is 0 Å². The highest BCUT2D eigenvalue weighted by Crippen LogP contribution is 2.25. The summed E-state index contributed by atoms with van der Waals surface area (Å²) < 4.78 is 26.3. The molecule has 1 aliphatic rings.